The molecule has 1 aromatic carbocycles. The first-order valence-electron chi connectivity index (χ1n) is 3.89. The molecule has 0 bridgehead atoms. The molecule has 1 aromatic rings. The van der Waals surface area contributed by atoms with Crippen molar-refractivity contribution in [3.8, 4) is 5.75 Å². The normalized spacial score (nSPS) is 14.4. The maximum absolute atomic E-state index is 12.8. The van der Waals surface area contributed by atoms with Crippen LogP contribution in [0, 0.1) is 5.82 Å². The molecule has 0 saturated heterocycles. The molecular formula is C10H7FO2. The van der Waals surface area contributed by atoms with Gasteiger partial charge in [-0.3, -0.25) is 4.79 Å². The van der Waals surface area contributed by atoms with Crippen LogP contribution in [0.5, 0.6) is 5.75 Å². The summed E-state index contributed by atoms with van der Waals surface area (Å²) in [6.07, 6.45) is 3.21. The van der Waals surface area contributed by atoms with E-state index >= 15 is 0 Å². The van der Waals surface area contributed by atoms with Crippen LogP contribution in [0.2, 0.25) is 0 Å². The lowest BCUT2D eigenvalue weighted by Crippen LogP contribution is -2.05. The molecule has 0 aromatic heterocycles. The lowest BCUT2D eigenvalue weighted by atomic mass is 9.96. The number of carbonyl (C=O) groups excluding carboxylic acids is 1. The fourth-order valence-corrected chi connectivity index (χ4v) is 1.36. The Hall–Kier alpha value is -1.64. The Balaban J connectivity index is 2.58. The lowest BCUT2D eigenvalue weighted by molar-refractivity contribution is -0.114. The fraction of sp³-hybridized carbons (Fsp3) is 0.100. The van der Waals surface area contributed by atoms with Crippen molar-refractivity contribution in [1.29, 1.82) is 0 Å². The van der Waals surface area contributed by atoms with Gasteiger partial charge in [0.15, 0.2) is 17.3 Å². The molecule has 2 nitrogen and oxygen atoms in total. The molecule has 3 heteroatoms. The average Bonchev–Trinajstić information content (AvgIpc) is 2.08. The van der Waals surface area contributed by atoms with Gasteiger partial charge in [0.25, 0.3) is 0 Å². The van der Waals surface area contributed by atoms with Gasteiger partial charge in [-0.25, -0.2) is 4.39 Å². The molecule has 0 unspecified atom stereocenters. The molecule has 1 N–H and O–H groups in total. The number of ketones is 1. The van der Waals surface area contributed by atoms with E-state index in [1.54, 1.807) is 6.08 Å². The number of allylic oxidation sites excluding steroid dienone is 1. The third-order valence-corrected chi connectivity index (χ3v) is 2.02. The maximum atomic E-state index is 12.8. The minimum atomic E-state index is -0.655. The first-order valence-corrected chi connectivity index (χ1v) is 3.89. The van der Waals surface area contributed by atoms with Crippen molar-refractivity contribution in [2.24, 2.45) is 0 Å². The second-order valence-electron chi connectivity index (χ2n) is 2.98. The van der Waals surface area contributed by atoms with Crippen molar-refractivity contribution in [2.45, 2.75) is 6.42 Å². The van der Waals surface area contributed by atoms with Crippen LogP contribution in [0.4, 0.5) is 4.39 Å². The van der Waals surface area contributed by atoms with Crippen molar-refractivity contribution in [2.75, 3.05) is 0 Å². The molecule has 0 saturated carbocycles. The number of hydrogen-bond acceptors (Lipinski definition) is 2. The van der Waals surface area contributed by atoms with Crippen LogP contribution in [0.1, 0.15) is 11.1 Å². The number of aromatic hydroxyl groups is 1. The van der Waals surface area contributed by atoms with Gasteiger partial charge in [0.1, 0.15) is 0 Å². The summed E-state index contributed by atoms with van der Waals surface area (Å²) in [6, 6.07) is 2.53. The van der Waals surface area contributed by atoms with Gasteiger partial charge in [0.05, 0.1) is 0 Å². The van der Waals surface area contributed by atoms with E-state index in [4.69, 9.17) is 5.11 Å². The molecule has 1 aliphatic rings. The van der Waals surface area contributed by atoms with Gasteiger partial charge in [-0.15, -0.1) is 0 Å². The Morgan fingerprint density at radius 1 is 1.31 bits per heavy atom. The zero-order valence-electron chi connectivity index (χ0n) is 6.75. The van der Waals surface area contributed by atoms with Gasteiger partial charge in [-0.1, -0.05) is 6.08 Å². The van der Waals surface area contributed by atoms with Crippen molar-refractivity contribution >= 4 is 11.9 Å². The monoisotopic (exact) mass is 178 g/mol. The molecule has 0 radical (unpaired) electrons. The Kier molecular flexibility index (Phi) is 1.65. The van der Waals surface area contributed by atoms with Crippen LogP contribution in [0.15, 0.2) is 18.2 Å². The minimum absolute atomic E-state index is 0.0292. The summed E-state index contributed by atoms with van der Waals surface area (Å²) in [6.45, 7) is 0. The van der Waals surface area contributed by atoms with Crippen LogP contribution in [-0.2, 0) is 11.2 Å². The van der Waals surface area contributed by atoms with Crippen molar-refractivity contribution in [1.82, 2.24) is 0 Å². The molecule has 0 heterocycles. The molecule has 66 valence electrons. The summed E-state index contributed by atoms with van der Waals surface area (Å²) in [4.78, 5) is 11.0. The summed E-state index contributed by atoms with van der Waals surface area (Å²) < 4.78 is 12.8. The first kappa shape index (κ1) is 7.98. The van der Waals surface area contributed by atoms with Gasteiger partial charge in [-0.05, 0) is 29.3 Å². The quantitative estimate of drug-likeness (QED) is 0.656. The van der Waals surface area contributed by atoms with Gasteiger partial charge in [-0.2, -0.15) is 0 Å². The summed E-state index contributed by atoms with van der Waals surface area (Å²) in [7, 11) is 0. The van der Waals surface area contributed by atoms with Crippen LogP contribution in [-0.4, -0.2) is 10.9 Å². The SMILES string of the molecule is O=C1C=Cc2cc(F)c(O)cc2C1. The van der Waals surface area contributed by atoms with Gasteiger partial charge in [0, 0.05) is 6.42 Å². The highest BCUT2D eigenvalue weighted by Crippen LogP contribution is 2.25. The predicted octanol–water partition coefficient (Wildman–Crippen LogP) is 1.67. The van der Waals surface area contributed by atoms with E-state index in [1.165, 1.54) is 18.2 Å². The summed E-state index contributed by atoms with van der Waals surface area (Å²) in [5.41, 5.74) is 1.33. The van der Waals surface area contributed by atoms with Crippen molar-refractivity contribution in [3.05, 3.63) is 35.2 Å². The third kappa shape index (κ3) is 1.33. The number of halogens is 1. The highest BCUT2D eigenvalue weighted by molar-refractivity contribution is 5.98. The van der Waals surface area contributed by atoms with E-state index in [2.05, 4.69) is 0 Å². The third-order valence-electron chi connectivity index (χ3n) is 2.02. The van der Waals surface area contributed by atoms with E-state index in [0.717, 1.165) is 0 Å². The lowest BCUT2D eigenvalue weighted by Gasteiger charge is -2.09. The maximum Gasteiger partial charge on any atom is 0.165 e. The molecular weight excluding hydrogens is 171 g/mol. The highest BCUT2D eigenvalue weighted by atomic mass is 19.1. The molecule has 0 spiro atoms. The number of carbonyl (C=O) groups is 1. The van der Waals surface area contributed by atoms with E-state index in [0.29, 0.717) is 11.1 Å². The number of fused-ring (bicyclic) bond motifs is 1. The van der Waals surface area contributed by atoms with Crippen LogP contribution in [0.25, 0.3) is 6.08 Å². The van der Waals surface area contributed by atoms with Gasteiger partial charge in [0.2, 0.25) is 0 Å². The van der Waals surface area contributed by atoms with Crippen molar-refractivity contribution in [3.63, 3.8) is 0 Å². The standard InChI is InChI=1S/C10H7FO2/c11-9-4-6-1-2-8(12)3-7(6)5-10(9)13/h1-2,4-5,13H,3H2. The molecule has 0 aliphatic heterocycles. The van der Waals surface area contributed by atoms with E-state index < -0.39 is 11.6 Å². The Bertz CT molecular complexity index is 408. The minimum Gasteiger partial charge on any atom is -0.505 e. The summed E-state index contributed by atoms with van der Waals surface area (Å²) >= 11 is 0. The van der Waals surface area contributed by atoms with Crippen LogP contribution in [0.3, 0.4) is 0 Å². The topological polar surface area (TPSA) is 37.3 Å². The average molecular weight is 178 g/mol. The number of phenolic OH excluding ortho intramolecular Hbond substituents is 1. The zero-order chi connectivity index (χ0) is 9.42. The number of hydrogen-bond donors (Lipinski definition) is 1. The highest BCUT2D eigenvalue weighted by Gasteiger charge is 2.13. The zero-order valence-corrected chi connectivity index (χ0v) is 6.75. The Morgan fingerprint density at radius 3 is 2.85 bits per heavy atom. The number of phenols is 1. The van der Waals surface area contributed by atoms with E-state index in [1.807, 2.05) is 0 Å². The molecule has 0 fully saturated rings. The first-order chi connectivity index (χ1) is 6.16. The van der Waals surface area contributed by atoms with Crippen LogP contribution >= 0.6 is 0 Å². The second kappa shape index (κ2) is 2.69. The molecule has 13 heavy (non-hydrogen) atoms. The fourth-order valence-electron chi connectivity index (χ4n) is 1.36. The molecule has 0 amide bonds. The van der Waals surface area contributed by atoms with Crippen molar-refractivity contribution < 1.29 is 14.3 Å². The molecule has 0 atom stereocenters. The smallest absolute Gasteiger partial charge is 0.165 e. The Morgan fingerprint density at radius 2 is 2.08 bits per heavy atom. The second-order valence-corrected chi connectivity index (χ2v) is 2.98. The summed E-state index contributed by atoms with van der Waals surface area (Å²) in [5, 5.41) is 9.05. The van der Waals surface area contributed by atoms with E-state index in [9.17, 15) is 9.18 Å². The van der Waals surface area contributed by atoms with E-state index in [-0.39, 0.29) is 12.2 Å². The number of rotatable bonds is 0. The predicted molar refractivity (Wildman–Crippen MR) is 45.8 cm³/mol. The molecule has 2 rings (SSSR count). The van der Waals surface area contributed by atoms with Crippen LogP contribution < -0.4 is 0 Å². The largest absolute Gasteiger partial charge is 0.505 e. The summed E-state index contributed by atoms with van der Waals surface area (Å²) in [5.74, 6) is -1.09. The number of benzene rings is 1. The Labute approximate surface area is 74.3 Å². The molecule has 1 aliphatic carbocycles. The van der Waals surface area contributed by atoms with Gasteiger partial charge >= 0.3 is 0 Å². The van der Waals surface area contributed by atoms with Gasteiger partial charge < -0.3 is 5.11 Å².